The highest BCUT2D eigenvalue weighted by atomic mass is 16.5. The van der Waals surface area contributed by atoms with Crippen LogP contribution in [0.15, 0.2) is 12.2 Å². The van der Waals surface area contributed by atoms with Gasteiger partial charge in [0.25, 0.3) is 0 Å². The van der Waals surface area contributed by atoms with E-state index < -0.39 is 0 Å². The third kappa shape index (κ3) is 6.79. The minimum Gasteiger partial charge on any atom is -0.377 e. The van der Waals surface area contributed by atoms with Crippen molar-refractivity contribution in [3.63, 3.8) is 0 Å². The van der Waals surface area contributed by atoms with Crippen molar-refractivity contribution >= 4 is 0 Å². The van der Waals surface area contributed by atoms with Crippen molar-refractivity contribution in [2.24, 2.45) is 0 Å². The Morgan fingerprint density at radius 1 is 1.38 bits per heavy atom. The Balaban J connectivity index is 1.68. The van der Waals surface area contributed by atoms with Crippen molar-refractivity contribution in [2.45, 2.75) is 38.6 Å². The Labute approximate surface area is 81.4 Å². The predicted molar refractivity (Wildman–Crippen MR) is 55.9 cm³/mol. The van der Waals surface area contributed by atoms with Gasteiger partial charge < -0.3 is 10.1 Å². The first-order chi connectivity index (χ1) is 6.43. The summed E-state index contributed by atoms with van der Waals surface area (Å²) in [5.41, 5.74) is 0. The zero-order valence-electron chi connectivity index (χ0n) is 8.59. The molecule has 0 heterocycles. The first-order valence-electron chi connectivity index (χ1n) is 5.36. The van der Waals surface area contributed by atoms with Gasteiger partial charge in [-0.3, -0.25) is 0 Å². The minimum atomic E-state index is 0.770. The van der Waals surface area contributed by atoms with E-state index in [1.54, 1.807) is 0 Å². The number of hydrogen-bond donors (Lipinski definition) is 1. The van der Waals surface area contributed by atoms with Gasteiger partial charge >= 0.3 is 0 Å². The van der Waals surface area contributed by atoms with Crippen LogP contribution in [0.2, 0.25) is 0 Å². The maximum Gasteiger partial charge on any atom is 0.0647 e. The predicted octanol–water partition coefficient (Wildman–Crippen LogP) is 2.11. The smallest absolute Gasteiger partial charge is 0.0647 e. The quantitative estimate of drug-likeness (QED) is 0.459. The lowest BCUT2D eigenvalue weighted by Gasteiger charge is -2.02. The molecule has 1 saturated carbocycles. The summed E-state index contributed by atoms with van der Waals surface area (Å²) in [6.45, 7) is 4.85. The van der Waals surface area contributed by atoms with Crippen LogP contribution in [0.3, 0.4) is 0 Å². The van der Waals surface area contributed by atoms with Crippen molar-refractivity contribution in [3.05, 3.63) is 12.2 Å². The van der Waals surface area contributed by atoms with Crippen molar-refractivity contribution in [1.29, 1.82) is 0 Å². The minimum absolute atomic E-state index is 0.770. The number of ether oxygens (including phenoxy) is 1. The van der Waals surface area contributed by atoms with Gasteiger partial charge in [0.2, 0.25) is 0 Å². The average Bonchev–Trinajstić information content (AvgIpc) is 2.93. The SMILES string of the molecule is CC=CCOCCCCNC1CC1. The van der Waals surface area contributed by atoms with E-state index in [1.807, 2.05) is 19.1 Å². The summed E-state index contributed by atoms with van der Waals surface area (Å²) >= 11 is 0. The van der Waals surface area contributed by atoms with Gasteiger partial charge in [-0.1, -0.05) is 12.2 Å². The average molecular weight is 183 g/mol. The van der Waals surface area contributed by atoms with Gasteiger partial charge in [0.05, 0.1) is 6.61 Å². The van der Waals surface area contributed by atoms with Crippen LogP contribution in [0, 0.1) is 0 Å². The van der Waals surface area contributed by atoms with E-state index in [1.165, 1.54) is 25.7 Å². The Bertz CT molecular complexity index is 141. The molecule has 0 bridgehead atoms. The highest BCUT2D eigenvalue weighted by molar-refractivity contribution is 4.80. The summed E-state index contributed by atoms with van der Waals surface area (Å²) in [5, 5.41) is 3.49. The summed E-state index contributed by atoms with van der Waals surface area (Å²) in [4.78, 5) is 0. The Hall–Kier alpha value is -0.340. The Morgan fingerprint density at radius 3 is 2.92 bits per heavy atom. The molecule has 0 aromatic heterocycles. The number of hydrogen-bond acceptors (Lipinski definition) is 2. The fourth-order valence-electron chi connectivity index (χ4n) is 1.17. The maximum absolute atomic E-state index is 5.38. The highest BCUT2D eigenvalue weighted by Gasteiger charge is 2.19. The van der Waals surface area contributed by atoms with Gasteiger partial charge in [0.15, 0.2) is 0 Å². The summed E-state index contributed by atoms with van der Waals surface area (Å²) < 4.78 is 5.38. The van der Waals surface area contributed by atoms with Crippen LogP contribution in [0.1, 0.15) is 32.6 Å². The van der Waals surface area contributed by atoms with Crippen LogP contribution in [0.4, 0.5) is 0 Å². The monoisotopic (exact) mass is 183 g/mol. The molecule has 1 N–H and O–H groups in total. The fraction of sp³-hybridized carbons (Fsp3) is 0.818. The van der Waals surface area contributed by atoms with Crippen LogP contribution in [-0.2, 0) is 4.74 Å². The van der Waals surface area contributed by atoms with E-state index >= 15 is 0 Å². The van der Waals surface area contributed by atoms with Gasteiger partial charge in [-0.05, 0) is 39.2 Å². The van der Waals surface area contributed by atoms with Gasteiger partial charge in [-0.15, -0.1) is 0 Å². The lowest BCUT2D eigenvalue weighted by Crippen LogP contribution is -2.17. The van der Waals surface area contributed by atoms with E-state index in [2.05, 4.69) is 5.32 Å². The molecular formula is C11H21NO. The molecule has 2 heteroatoms. The molecule has 0 amide bonds. The Kier molecular flexibility index (Phi) is 5.87. The molecule has 2 nitrogen and oxygen atoms in total. The lowest BCUT2D eigenvalue weighted by molar-refractivity contribution is 0.157. The van der Waals surface area contributed by atoms with Gasteiger partial charge in [-0.25, -0.2) is 0 Å². The van der Waals surface area contributed by atoms with E-state index in [4.69, 9.17) is 4.74 Å². The summed E-state index contributed by atoms with van der Waals surface area (Å²) in [7, 11) is 0. The van der Waals surface area contributed by atoms with E-state index in [0.717, 1.165) is 25.8 Å². The molecule has 0 aliphatic heterocycles. The number of rotatable bonds is 8. The molecule has 1 aliphatic carbocycles. The molecule has 0 radical (unpaired) electrons. The van der Waals surface area contributed by atoms with Crippen LogP contribution >= 0.6 is 0 Å². The zero-order chi connectivity index (χ0) is 9.36. The van der Waals surface area contributed by atoms with Crippen LogP contribution in [0.5, 0.6) is 0 Å². The van der Waals surface area contributed by atoms with Crippen molar-refractivity contribution in [2.75, 3.05) is 19.8 Å². The van der Waals surface area contributed by atoms with Gasteiger partial charge in [0.1, 0.15) is 0 Å². The molecule has 13 heavy (non-hydrogen) atoms. The molecule has 0 aromatic rings. The molecule has 0 atom stereocenters. The maximum atomic E-state index is 5.38. The zero-order valence-corrected chi connectivity index (χ0v) is 8.59. The van der Waals surface area contributed by atoms with E-state index in [0.29, 0.717) is 0 Å². The summed E-state index contributed by atoms with van der Waals surface area (Å²) in [5.74, 6) is 0. The normalized spacial score (nSPS) is 17.0. The first-order valence-corrected chi connectivity index (χ1v) is 5.36. The van der Waals surface area contributed by atoms with Crippen molar-refractivity contribution in [1.82, 2.24) is 5.32 Å². The largest absolute Gasteiger partial charge is 0.377 e. The molecule has 1 aliphatic rings. The molecular weight excluding hydrogens is 162 g/mol. The van der Waals surface area contributed by atoms with E-state index in [9.17, 15) is 0 Å². The van der Waals surface area contributed by atoms with Crippen LogP contribution < -0.4 is 5.32 Å². The molecule has 0 unspecified atom stereocenters. The second kappa shape index (κ2) is 7.10. The second-order valence-corrected chi connectivity index (χ2v) is 3.58. The number of unbranched alkanes of at least 4 members (excludes halogenated alkanes) is 1. The molecule has 76 valence electrons. The lowest BCUT2D eigenvalue weighted by atomic mass is 10.3. The molecule has 1 rings (SSSR count). The first kappa shape index (κ1) is 10.7. The van der Waals surface area contributed by atoms with E-state index in [-0.39, 0.29) is 0 Å². The standard InChI is InChI=1S/C11H21NO/c1-2-3-9-13-10-5-4-8-12-11-6-7-11/h2-3,11-12H,4-10H2,1H3. The second-order valence-electron chi connectivity index (χ2n) is 3.58. The summed E-state index contributed by atoms with van der Waals surface area (Å²) in [6.07, 6.45) is 9.26. The van der Waals surface area contributed by atoms with Gasteiger partial charge in [-0.2, -0.15) is 0 Å². The number of allylic oxidation sites excluding steroid dienone is 1. The molecule has 1 fully saturated rings. The highest BCUT2D eigenvalue weighted by Crippen LogP contribution is 2.18. The van der Waals surface area contributed by atoms with Crippen molar-refractivity contribution in [3.8, 4) is 0 Å². The van der Waals surface area contributed by atoms with Crippen LogP contribution in [-0.4, -0.2) is 25.8 Å². The molecule has 0 saturated heterocycles. The van der Waals surface area contributed by atoms with Gasteiger partial charge in [0, 0.05) is 12.6 Å². The molecule has 0 aromatic carbocycles. The third-order valence-electron chi connectivity index (χ3n) is 2.18. The third-order valence-corrected chi connectivity index (χ3v) is 2.18. The Morgan fingerprint density at radius 2 is 2.23 bits per heavy atom. The van der Waals surface area contributed by atoms with Crippen molar-refractivity contribution < 1.29 is 4.74 Å². The fourth-order valence-corrected chi connectivity index (χ4v) is 1.17. The van der Waals surface area contributed by atoms with Crippen LogP contribution in [0.25, 0.3) is 0 Å². The topological polar surface area (TPSA) is 21.3 Å². The molecule has 0 spiro atoms. The summed E-state index contributed by atoms with van der Waals surface area (Å²) in [6, 6.07) is 0.851. The number of nitrogens with one attached hydrogen (secondary N) is 1.